The quantitative estimate of drug-likeness (QED) is 0.186. The lowest BCUT2D eigenvalue weighted by molar-refractivity contribution is 0.303. The third kappa shape index (κ3) is 5.38. The molecule has 6 heteroatoms. The lowest BCUT2D eigenvalue weighted by Crippen LogP contribution is -2.10. The summed E-state index contributed by atoms with van der Waals surface area (Å²) in [5.74, 6) is 2.79. The summed E-state index contributed by atoms with van der Waals surface area (Å²) in [5, 5.41) is 8.52. The Bertz CT molecular complexity index is 1710. The van der Waals surface area contributed by atoms with E-state index in [9.17, 15) is 0 Å². The topological polar surface area (TPSA) is 66.0 Å². The highest BCUT2D eigenvalue weighted by Gasteiger charge is 2.16. The SMILES string of the molecule is CC(C)(C)c1ccc(-c2nnc(-c3ccc(OCCCn4c(-c5ccccc5)nc5ccccc54)cc3)o2)cc1. The number of para-hydroxylation sites is 2. The number of imidazole rings is 1. The van der Waals surface area contributed by atoms with E-state index in [1.807, 2.05) is 60.7 Å². The van der Waals surface area contributed by atoms with Gasteiger partial charge in [-0.2, -0.15) is 0 Å². The highest BCUT2D eigenvalue weighted by atomic mass is 16.5. The largest absolute Gasteiger partial charge is 0.494 e. The van der Waals surface area contributed by atoms with E-state index in [0.717, 1.165) is 52.3 Å². The smallest absolute Gasteiger partial charge is 0.248 e. The minimum Gasteiger partial charge on any atom is -0.494 e. The summed E-state index contributed by atoms with van der Waals surface area (Å²) in [7, 11) is 0. The second kappa shape index (κ2) is 10.8. The first-order valence-corrected chi connectivity index (χ1v) is 13.6. The van der Waals surface area contributed by atoms with Crippen LogP contribution < -0.4 is 4.74 Å². The minimum absolute atomic E-state index is 0.0985. The molecule has 6 aromatic rings. The van der Waals surface area contributed by atoms with Gasteiger partial charge in [-0.1, -0.05) is 75.4 Å². The Kier molecular flexibility index (Phi) is 6.91. The Balaban J connectivity index is 1.09. The molecule has 0 spiro atoms. The summed E-state index contributed by atoms with van der Waals surface area (Å²) in [5.41, 5.74) is 6.38. The van der Waals surface area contributed by atoms with Gasteiger partial charge < -0.3 is 13.7 Å². The molecule has 0 aliphatic carbocycles. The van der Waals surface area contributed by atoms with Crippen molar-refractivity contribution >= 4 is 11.0 Å². The zero-order chi connectivity index (χ0) is 27.5. The van der Waals surface area contributed by atoms with Crippen molar-refractivity contribution in [1.29, 1.82) is 0 Å². The number of benzene rings is 4. The standard InChI is InChI=1S/C34H32N4O2/c1-34(2,3)27-18-14-25(15-19-27)32-36-37-33(40-32)26-16-20-28(21-17-26)39-23-9-22-38-30-13-8-7-12-29(30)35-31(38)24-10-5-4-6-11-24/h4-8,10-21H,9,22-23H2,1-3H3. The molecular formula is C34H32N4O2. The van der Waals surface area contributed by atoms with E-state index in [0.29, 0.717) is 18.4 Å². The van der Waals surface area contributed by atoms with E-state index in [4.69, 9.17) is 14.1 Å². The monoisotopic (exact) mass is 528 g/mol. The normalized spacial score (nSPS) is 11.7. The van der Waals surface area contributed by atoms with Crippen molar-refractivity contribution < 1.29 is 9.15 Å². The second-order valence-corrected chi connectivity index (χ2v) is 10.9. The van der Waals surface area contributed by atoms with Gasteiger partial charge in [-0.3, -0.25) is 0 Å². The van der Waals surface area contributed by atoms with Gasteiger partial charge in [-0.25, -0.2) is 4.98 Å². The molecule has 0 atom stereocenters. The molecule has 0 amide bonds. The van der Waals surface area contributed by atoms with Gasteiger partial charge in [0.05, 0.1) is 17.6 Å². The van der Waals surface area contributed by atoms with E-state index in [1.54, 1.807) is 0 Å². The van der Waals surface area contributed by atoms with Crippen molar-refractivity contribution in [2.24, 2.45) is 0 Å². The number of aryl methyl sites for hydroxylation is 1. The molecule has 40 heavy (non-hydrogen) atoms. The molecule has 2 heterocycles. The molecule has 0 saturated carbocycles. The summed E-state index contributed by atoms with van der Waals surface area (Å²) in [6.07, 6.45) is 0.850. The Morgan fingerprint density at radius 2 is 1.32 bits per heavy atom. The van der Waals surface area contributed by atoms with E-state index < -0.39 is 0 Å². The van der Waals surface area contributed by atoms with Crippen LogP contribution in [0, 0.1) is 0 Å². The number of fused-ring (bicyclic) bond motifs is 1. The van der Waals surface area contributed by atoms with Crippen molar-refractivity contribution in [3.8, 4) is 40.0 Å². The molecule has 6 rings (SSSR count). The van der Waals surface area contributed by atoms with E-state index in [-0.39, 0.29) is 5.41 Å². The Hall–Kier alpha value is -4.71. The molecule has 0 aliphatic heterocycles. The average molecular weight is 529 g/mol. The fraction of sp³-hybridized carbons (Fsp3) is 0.206. The summed E-state index contributed by atoms with van der Waals surface area (Å²) in [6.45, 7) is 8.00. The lowest BCUT2D eigenvalue weighted by atomic mass is 9.87. The van der Waals surface area contributed by atoms with Gasteiger partial charge in [0.15, 0.2) is 0 Å². The molecule has 0 aliphatic rings. The first-order valence-electron chi connectivity index (χ1n) is 13.6. The zero-order valence-electron chi connectivity index (χ0n) is 23.0. The minimum atomic E-state index is 0.0985. The number of rotatable bonds is 8. The molecule has 2 aromatic heterocycles. The van der Waals surface area contributed by atoms with Crippen molar-refractivity contribution in [3.05, 3.63) is 109 Å². The van der Waals surface area contributed by atoms with Crippen LogP contribution >= 0.6 is 0 Å². The molecule has 0 bridgehead atoms. The summed E-state index contributed by atoms with van der Waals surface area (Å²) in [4.78, 5) is 4.89. The molecule has 200 valence electrons. The number of hydrogen-bond donors (Lipinski definition) is 0. The first kappa shape index (κ1) is 25.6. The van der Waals surface area contributed by atoms with E-state index in [2.05, 4.69) is 78.0 Å². The van der Waals surface area contributed by atoms with Crippen LogP contribution in [0.3, 0.4) is 0 Å². The Morgan fingerprint density at radius 3 is 2.00 bits per heavy atom. The van der Waals surface area contributed by atoms with Crippen LogP contribution in [0.2, 0.25) is 0 Å². The molecule has 0 radical (unpaired) electrons. The van der Waals surface area contributed by atoms with Gasteiger partial charge in [0.1, 0.15) is 11.6 Å². The van der Waals surface area contributed by atoms with Crippen molar-refractivity contribution in [2.75, 3.05) is 6.61 Å². The molecule has 0 saturated heterocycles. The first-order chi connectivity index (χ1) is 19.5. The van der Waals surface area contributed by atoms with Gasteiger partial charge in [-0.05, 0) is 65.9 Å². The number of nitrogens with zero attached hydrogens (tertiary/aromatic N) is 4. The second-order valence-electron chi connectivity index (χ2n) is 10.9. The lowest BCUT2D eigenvalue weighted by Gasteiger charge is -2.18. The molecule has 0 N–H and O–H groups in total. The Morgan fingerprint density at radius 1 is 0.700 bits per heavy atom. The predicted molar refractivity (Wildman–Crippen MR) is 159 cm³/mol. The fourth-order valence-corrected chi connectivity index (χ4v) is 4.79. The average Bonchev–Trinajstić information content (AvgIpc) is 3.62. The van der Waals surface area contributed by atoms with Crippen LogP contribution in [-0.2, 0) is 12.0 Å². The number of hydrogen-bond acceptors (Lipinski definition) is 5. The van der Waals surface area contributed by atoms with Crippen LogP contribution in [0.25, 0.3) is 45.3 Å². The number of ether oxygens (including phenoxy) is 1. The molecule has 0 unspecified atom stereocenters. The number of aromatic nitrogens is 4. The zero-order valence-corrected chi connectivity index (χ0v) is 23.0. The van der Waals surface area contributed by atoms with Crippen molar-refractivity contribution in [1.82, 2.24) is 19.7 Å². The third-order valence-corrected chi connectivity index (χ3v) is 7.01. The van der Waals surface area contributed by atoms with Crippen LogP contribution in [0.15, 0.2) is 108 Å². The molecule has 4 aromatic carbocycles. The van der Waals surface area contributed by atoms with Crippen LogP contribution in [0.4, 0.5) is 0 Å². The van der Waals surface area contributed by atoms with Gasteiger partial charge in [-0.15, -0.1) is 10.2 Å². The van der Waals surface area contributed by atoms with Crippen LogP contribution in [0.1, 0.15) is 32.8 Å². The van der Waals surface area contributed by atoms with Crippen molar-refractivity contribution in [2.45, 2.75) is 39.2 Å². The predicted octanol–water partition coefficient (Wildman–Crippen LogP) is 8.19. The molecule has 0 fully saturated rings. The molecule has 6 nitrogen and oxygen atoms in total. The summed E-state index contributed by atoms with van der Waals surface area (Å²) >= 11 is 0. The highest BCUT2D eigenvalue weighted by molar-refractivity contribution is 5.80. The summed E-state index contributed by atoms with van der Waals surface area (Å²) in [6, 6.07) is 34.7. The van der Waals surface area contributed by atoms with Gasteiger partial charge in [0, 0.05) is 23.2 Å². The Labute approximate surface area is 234 Å². The van der Waals surface area contributed by atoms with Gasteiger partial charge >= 0.3 is 0 Å². The van der Waals surface area contributed by atoms with Gasteiger partial charge in [0.25, 0.3) is 0 Å². The van der Waals surface area contributed by atoms with Crippen LogP contribution in [-0.4, -0.2) is 26.4 Å². The van der Waals surface area contributed by atoms with Crippen molar-refractivity contribution in [3.63, 3.8) is 0 Å². The maximum Gasteiger partial charge on any atom is 0.248 e. The maximum atomic E-state index is 6.07. The highest BCUT2D eigenvalue weighted by Crippen LogP contribution is 2.29. The van der Waals surface area contributed by atoms with E-state index in [1.165, 1.54) is 5.56 Å². The van der Waals surface area contributed by atoms with Gasteiger partial charge in [0.2, 0.25) is 11.8 Å². The summed E-state index contributed by atoms with van der Waals surface area (Å²) < 4.78 is 14.3. The molecular weight excluding hydrogens is 496 g/mol. The maximum absolute atomic E-state index is 6.07. The van der Waals surface area contributed by atoms with E-state index >= 15 is 0 Å². The fourth-order valence-electron chi connectivity index (χ4n) is 4.79. The third-order valence-electron chi connectivity index (χ3n) is 7.01. The van der Waals surface area contributed by atoms with Crippen LogP contribution in [0.5, 0.6) is 5.75 Å².